The van der Waals surface area contributed by atoms with Gasteiger partial charge in [-0.25, -0.2) is 9.97 Å². The van der Waals surface area contributed by atoms with Crippen molar-refractivity contribution in [1.29, 1.82) is 0 Å². The van der Waals surface area contributed by atoms with Crippen molar-refractivity contribution in [3.8, 4) is 5.69 Å². The van der Waals surface area contributed by atoms with E-state index in [4.69, 9.17) is 4.98 Å². The zero-order valence-corrected chi connectivity index (χ0v) is 14.9. The summed E-state index contributed by atoms with van der Waals surface area (Å²) in [6, 6.07) is 14.3. The normalized spacial score (nSPS) is 15.2. The first-order valence-electron chi connectivity index (χ1n) is 9.48. The SMILES string of the molecule is O=C(CCc1nc2cccnc2n1-c1ccccc1)NC1CCCCC1. The van der Waals surface area contributed by atoms with Crippen LogP contribution in [-0.4, -0.2) is 26.5 Å². The third kappa shape index (κ3) is 3.62. The van der Waals surface area contributed by atoms with Crippen LogP contribution in [0.4, 0.5) is 0 Å². The number of aromatic nitrogens is 3. The number of pyridine rings is 1. The molecule has 1 aliphatic rings. The number of rotatable bonds is 5. The van der Waals surface area contributed by atoms with Crippen molar-refractivity contribution in [2.45, 2.75) is 51.0 Å². The van der Waals surface area contributed by atoms with Gasteiger partial charge in [0.1, 0.15) is 11.3 Å². The Morgan fingerprint density at radius 2 is 1.88 bits per heavy atom. The molecule has 0 unspecified atom stereocenters. The molecule has 134 valence electrons. The minimum atomic E-state index is 0.122. The summed E-state index contributed by atoms with van der Waals surface area (Å²) < 4.78 is 2.06. The maximum atomic E-state index is 12.4. The molecule has 1 fully saturated rings. The number of fused-ring (bicyclic) bond motifs is 1. The Morgan fingerprint density at radius 3 is 2.69 bits per heavy atom. The highest BCUT2D eigenvalue weighted by atomic mass is 16.1. The van der Waals surface area contributed by atoms with Crippen LogP contribution in [0.25, 0.3) is 16.9 Å². The van der Waals surface area contributed by atoms with E-state index >= 15 is 0 Å². The van der Waals surface area contributed by atoms with E-state index in [-0.39, 0.29) is 5.91 Å². The summed E-state index contributed by atoms with van der Waals surface area (Å²) in [5.74, 6) is 1.00. The van der Waals surface area contributed by atoms with Crippen molar-refractivity contribution in [3.63, 3.8) is 0 Å². The van der Waals surface area contributed by atoms with Crippen molar-refractivity contribution in [1.82, 2.24) is 19.9 Å². The summed E-state index contributed by atoms with van der Waals surface area (Å²) >= 11 is 0. The molecule has 26 heavy (non-hydrogen) atoms. The fraction of sp³-hybridized carbons (Fsp3) is 0.381. The van der Waals surface area contributed by atoms with E-state index in [2.05, 4.69) is 14.9 Å². The highest BCUT2D eigenvalue weighted by Crippen LogP contribution is 2.21. The van der Waals surface area contributed by atoms with Crippen LogP contribution < -0.4 is 5.32 Å². The highest BCUT2D eigenvalue weighted by molar-refractivity contribution is 5.77. The van der Waals surface area contributed by atoms with E-state index in [0.717, 1.165) is 35.5 Å². The Hall–Kier alpha value is -2.69. The van der Waals surface area contributed by atoms with E-state index in [1.165, 1.54) is 19.3 Å². The number of hydrogen-bond acceptors (Lipinski definition) is 3. The van der Waals surface area contributed by atoms with Gasteiger partial charge in [-0.3, -0.25) is 9.36 Å². The van der Waals surface area contributed by atoms with E-state index < -0.39 is 0 Å². The highest BCUT2D eigenvalue weighted by Gasteiger charge is 2.18. The predicted molar refractivity (Wildman–Crippen MR) is 102 cm³/mol. The maximum absolute atomic E-state index is 12.4. The maximum Gasteiger partial charge on any atom is 0.220 e. The fourth-order valence-corrected chi connectivity index (χ4v) is 3.75. The summed E-state index contributed by atoms with van der Waals surface area (Å²) in [6.07, 6.45) is 8.79. The van der Waals surface area contributed by atoms with Crippen LogP contribution in [0.2, 0.25) is 0 Å². The second-order valence-electron chi connectivity index (χ2n) is 6.95. The van der Waals surface area contributed by atoms with Crippen molar-refractivity contribution in [3.05, 3.63) is 54.5 Å². The summed E-state index contributed by atoms with van der Waals surface area (Å²) in [5.41, 5.74) is 2.72. The molecule has 0 radical (unpaired) electrons. The lowest BCUT2D eigenvalue weighted by Crippen LogP contribution is -2.36. The third-order valence-corrected chi connectivity index (χ3v) is 5.05. The first-order chi connectivity index (χ1) is 12.8. The molecule has 0 saturated heterocycles. The number of carbonyl (C=O) groups excluding carboxylic acids is 1. The average Bonchev–Trinajstić information content (AvgIpc) is 3.06. The number of para-hydroxylation sites is 1. The average molecular weight is 348 g/mol. The third-order valence-electron chi connectivity index (χ3n) is 5.05. The zero-order chi connectivity index (χ0) is 17.8. The van der Waals surface area contributed by atoms with Crippen molar-refractivity contribution >= 4 is 17.1 Å². The molecular weight excluding hydrogens is 324 g/mol. The Balaban J connectivity index is 1.53. The minimum absolute atomic E-state index is 0.122. The van der Waals surface area contributed by atoms with Crippen LogP contribution in [0.5, 0.6) is 0 Å². The van der Waals surface area contributed by atoms with Crippen molar-refractivity contribution in [2.24, 2.45) is 0 Å². The topological polar surface area (TPSA) is 59.8 Å². The molecule has 0 spiro atoms. The largest absolute Gasteiger partial charge is 0.353 e. The molecule has 1 aromatic carbocycles. The quantitative estimate of drug-likeness (QED) is 0.763. The van der Waals surface area contributed by atoms with E-state index in [0.29, 0.717) is 18.9 Å². The summed E-state index contributed by atoms with van der Waals surface area (Å²) in [7, 11) is 0. The first kappa shape index (κ1) is 16.8. The van der Waals surface area contributed by atoms with Gasteiger partial charge in [-0.1, -0.05) is 37.5 Å². The Morgan fingerprint density at radius 1 is 1.08 bits per heavy atom. The molecule has 2 heterocycles. The summed E-state index contributed by atoms with van der Waals surface area (Å²) in [6.45, 7) is 0. The molecule has 4 rings (SSSR count). The molecule has 1 N–H and O–H groups in total. The molecule has 5 nitrogen and oxygen atoms in total. The van der Waals surface area contributed by atoms with Crippen molar-refractivity contribution < 1.29 is 4.79 Å². The smallest absolute Gasteiger partial charge is 0.220 e. The van der Waals surface area contributed by atoms with Gasteiger partial charge < -0.3 is 5.32 Å². The number of nitrogens with one attached hydrogen (secondary N) is 1. The van der Waals surface area contributed by atoms with Crippen LogP contribution in [0, 0.1) is 0 Å². The van der Waals surface area contributed by atoms with Gasteiger partial charge >= 0.3 is 0 Å². The number of carbonyl (C=O) groups is 1. The van der Waals surface area contributed by atoms with Gasteiger partial charge in [0.15, 0.2) is 5.65 Å². The lowest BCUT2D eigenvalue weighted by molar-refractivity contribution is -0.122. The van der Waals surface area contributed by atoms with Crippen LogP contribution in [-0.2, 0) is 11.2 Å². The summed E-state index contributed by atoms with van der Waals surface area (Å²) in [4.78, 5) is 21.6. The van der Waals surface area contributed by atoms with Gasteiger partial charge in [-0.15, -0.1) is 0 Å². The molecular formula is C21H24N4O. The molecule has 0 aliphatic heterocycles. The zero-order valence-electron chi connectivity index (χ0n) is 14.9. The van der Waals surface area contributed by atoms with E-state index in [9.17, 15) is 4.79 Å². The molecule has 5 heteroatoms. The van der Waals surface area contributed by atoms with Gasteiger partial charge in [0.2, 0.25) is 5.91 Å². The van der Waals surface area contributed by atoms with E-state index in [1.54, 1.807) is 6.20 Å². The first-order valence-corrected chi connectivity index (χ1v) is 9.48. The summed E-state index contributed by atoms with van der Waals surface area (Å²) in [5, 5.41) is 3.19. The van der Waals surface area contributed by atoms with Gasteiger partial charge in [-0.2, -0.15) is 0 Å². The lowest BCUT2D eigenvalue weighted by Gasteiger charge is -2.22. The van der Waals surface area contributed by atoms with Crippen LogP contribution in [0.3, 0.4) is 0 Å². The van der Waals surface area contributed by atoms with Gasteiger partial charge in [0.05, 0.1) is 0 Å². The number of hydrogen-bond donors (Lipinski definition) is 1. The van der Waals surface area contributed by atoms with Crippen LogP contribution in [0.15, 0.2) is 48.7 Å². The monoisotopic (exact) mass is 348 g/mol. The number of aryl methyl sites for hydroxylation is 1. The second-order valence-corrected chi connectivity index (χ2v) is 6.95. The molecule has 1 aliphatic carbocycles. The molecule has 1 saturated carbocycles. The number of amides is 1. The van der Waals surface area contributed by atoms with Gasteiger partial charge in [0.25, 0.3) is 0 Å². The molecule has 3 aromatic rings. The number of benzene rings is 1. The van der Waals surface area contributed by atoms with Crippen LogP contribution in [0.1, 0.15) is 44.3 Å². The van der Waals surface area contributed by atoms with Crippen molar-refractivity contribution in [2.75, 3.05) is 0 Å². The number of nitrogens with zero attached hydrogens (tertiary/aromatic N) is 3. The Kier molecular flexibility index (Phi) is 4.95. The fourth-order valence-electron chi connectivity index (χ4n) is 3.75. The minimum Gasteiger partial charge on any atom is -0.353 e. The number of imidazole rings is 1. The molecule has 2 aromatic heterocycles. The second kappa shape index (κ2) is 7.68. The molecule has 0 atom stereocenters. The van der Waals surface area contributed by atoms with Gasteiger partial charge in [-0.05, 0) is 37.1 Å². The van der Waals surface area contributed by atoms with Crippen LogP contribution >= 0.6 is 0 Å². The Bertz CT molecular complexity index is 881. The predicted octanol–water partition coefficient (Wildman–Crippen LogP) is 3.80. The lowest BCUT2D eigenvalue weighted by atomic mass is 9.95. The van der Waals surface area contributed by atoms with Gasteiger partial charge in [0, 0.05) is 30.8 Å². The molecule has 0 bridgehead atoms. The standard InChI is InChI=1S/C21H24N4O/c26-20(23-16-8-3-1-4-9-16)14-13-19-24-18-12-7-15-22-21(18)25(19)17-10-5-2-6-11-17/h2,5-7,10-12,15-16H,1,3-4,8-9,13-14H2,(H,23,26). The van der Waals surface area contributed by atoms with E-state index in [1.807, 2.05) is 42.5 Å². The Labute approximate surface area is 153 Å². The molecule has 1 amide bonds.